The van der Waals surface area contributed by atoms with Crippen LogP contribution in [0.2, 0.25) is 0 Å². The van der Waals surface area contributed by atoms with Crippen LogP contribution in [-0.2, 0) is 16.4 Å². The van der Waals surface area contributed by atoms with Crippen LogP contribution in [0.4, 0.5) is 5.69 Å². The van der Waals surface area contributed by atoms with Crippen LogP contribution in [0.25, 0.3) is 11.6 Å². The van der Waals surface area contributed by atoms with Gasteiger partial charge in [0.05, 0.1) is 5.69 Å². The number of sulfonamides is 1. The Morgan fingerprint density at radius 1 is 1.15 bits per heavy atom. The lowest BCUT2D eigenvalue weighted by atomic mass is 10.1. The minimum atomic E-state index is -3.77. The molecule has 8 heteroatoms. The maximum atomic E-state index is 13.0. The van der Waals surface area contributed by atoms with Crippen molar-refractivity contribution in [3.63, 3.8) is 0 Å². The van der Waals surface area contributed by atoms with E-state index in [4.69, 9.17) is 4.42 Å². The Balaban J connectivity index is 2.02. The van der Waals surface area contributed by atoms with Crippen LogP contribution in [0.3, 0.4) is 0 Å². The fourth-order valence-electron chi connectivity index (χ4n) is 2.97. The van der Waals surface area contributed by atoms with Gasteiger partial charge in [-0.3, -0.25) is 4.72 Å². The zero-order chi connectivity index (χ0) is 19.1. The number of hydrogen-bond acceptors (Lipinski definition) is 5. The van der Waals surface area contributed by atoms with Crippen LogP contribution in [0.15, 0.2) is 27.5 Å². The van der Waals surface area contributed by atoms with Gasteiger partial charge in [-0.05, 0) is 39.3 Å². The first-order chi connectivity index (χ1) is 12.2. The number of aryl methyl sites for hydroxylation is 4. The Morgan fingerprint density at radius 2 is 1.88 bits per heavy atom. The third kappa shape index (κ3) is 3.24. The number of aromatic amines is 1. The molecule has 2 aromatic heterocycles. The summed E-state index contributed by atoms with van der Waals surface area (Å²) in [5.41, 5.74) is 4.09. The van der Waals surface area contributed by atoms with Gasteiger partial charge in [-0.1, -0.05) is 24.6 Å². The first-order valence-electron chi connectivity index (χ1n) is 8.35. The molecule has 2 N–H and O–H groups in total. The zero-order valence-corrected chi connectivity index (χ0v) is 16.3. The van der Waals surface area contributed by atoms with Gasteiger partial charge in [0.1, 0.15) is 10.6 Å². The molecular weight excluding hydrogens is 352 g/mol. The number of benzene rings is 1. The molecule has 7 nitrogen and oxygen atoms in total. The van der Waals surface area contributed by atoms with E-state index in [-0.39, 0.29) is 10.8 Å². The average Bonchev–Trinajstić information content (AvgIpc) is 3.14. The second-order valence-corrected chi connectivity index (χ2v) is 7.98. The molecule has 0 atom stereocenters. The van der Waals surface area contributed by atoms with Crippen molar-refractivity contribution < 1.29 is 12.8 Å². The highest BCUT2D eigenvalue weighted by molar-refractivity contribution is 7.92. The molecule has 3 aromatic rings. The molecule has 0 spiro atoms. The fraction of sp³-hybridized carbons (Fsp3) is 0.333. The Labute approximate surface area is 152 Å². The number of nitrogens with zero attached hydrogens (tertiary/aromatic N) is 2. The number of aromatic nitrogens is 3. The Kier molecular flexibility index (Phi) is 4.62. The summed E-state index contributed by atoms with van der Waals surface area (Å²) in [5, 5.41) is 7.94. The largest absolute Gasteiger partial charge is 0.419 e. The third-order valence-corrected chi connectivity index (χ3v) is 5.89. The van der Waals surface area contributed by atoms with Crippen LogP contribution in [0.5, 0.6) is 0 Å². The summed E-state index contributed by atoms with van der Waals surface area (Å²) in [6, 6.07) is 5.58. The van der Waals surface area contributed by atoms with Gasteiger partial charge in [0, 0.05) is 17.7 Å². The Bertz CT molecular complexity index is 1060. The molecule has 1 aromatic carbocycles. The molecule has 2 heterocycles. The van der Waals surface area contributed by atoms with Crippen LogP contribution in [-0.4, -0.2) is 23.6 Å². The molecule has 0 aliphatic carbocycles. The van der Waals surface area contributed by atoms with Crippen LogP contribution >= 0.6 is 0 Å². The van der Waals surface area contributed by atoms with Gasteiger partial charge in [-0.15, -0.1) is 10.2 Å². The van der Waals surface area contributed by atoms with Crippen molar-refractivity contribution >= 4 is 15.7 Å². The summed E-state index contributed by atoms with van der Waals surface area (Å²) in [6.07, 6.45) is 0.616. The van der Waals surface area contributed by atoms with Crippen molar-refractivity contribution in [2.45, 2.75) is 45.9 Å². The van der Waals surface area contributed by atoms with Crippen LogP contribution in [0.1, 0.15) is 35.2 Å². The van der Waals surface area contributed by atoms with E-state index in [2.05, 4.69) is 19.9 Å². The number of hydrogen-bond donors (Lipinski definition) is 2. The number of nitrogens with one attached hydrogen (secondary N) is 2. The Morgan fingerprint density at radius 3 is 2.50 bits per heavy atom. The second kappa shape index (κ2) is 6.60. The van der Waals surface area contributed by atoms with E-state index in [0.29, 0.717) is 35.0 Å². The molecule has 138 valence electrons. The van der Waals surface area contributed by atoms with Gasteiger partial charge >= 0.3 is 0 Å². The predicted molar refractivity (Wildman–Crippen MR) is 99.7 cm³/mol. The molecule has 0 amide bonds. The van der Waals surface area contributed by atoms with E-state index in [9.17, 15) is 8.42 Å². The topological polar surface area (TPSA) is 101 Å². The zero-order valence-electron chi connectivity index (χ0n) is 15.5. The standard InChI is InChI=1S/C18H22N4O3S/c1-6-15-20-21-18(25-15)16-12(4)17(13(5)19-16)26(23,24)22-14-8-7-10(2)9-11(14)3/h7-9,19,22H,6H2,1-5H3. The van der Waals surface area contributed by atoms with E-state index < -0.39 is 10.0 Å². The molecule has 0 aliphatic heterocycles. The van der Waals surface area contributed by atoms with Crippen molar-refractivity contribution in [3.8, 4) is 11.6 Å². The quantitative estimate of drug-likeness (QED) is 0.710. The van der Waals surface area contributed by atoms with E-state index >= 15 is 0 Å². The lowest BCUT2D eigenvalue weighted by Gasteiger charge is -2.12. The molecule has 0 saturated carbocycles. The summed E-state index contributed by atoms with van der Waals surface area (Å²) in [6.45, 7) is 9.19. The van der Waals surface area contributed by atoms with Crippen molar-refractivity contribution in [3.05, 3.63) is 46.5 Å². The highest BCUT2D eigenvalue weighted by atomic mass is 32.2. The monoisotopic (exact) mass is 374 g/mol. The maximum absolute atomic E-state index is 13.0. The summed E-state index contributed by atoms with van der Waals surface area (Å²) >= 11 is 0. The van der Waals surface area contributed by atoms with Gasteiger partial charge in [0.2, 0.25) is 5.89 Å². The van der Waals surface area contributed by atoms with E-state index in [0.717, 1.165) is 11.1 Å². The van der Waals surface area contributed by atoms with Gasteiger partial charge in [-0.25, -0.2) is 8.42 Å². The number of rotatable bonds is 5. The molecule has 0 aliphatic rings. The highest BCUT2D eigenvalue weighted by Crippen LogP contribution is 2.31. The first kappa shape index (κ1) is 18.2. The van der Waals surface area contributed by atoms with Crippen LogP contribution < -0.4 is 4.72 Å². The lowest BCUT2D eigenvalue weighted by molar-refractivity contribution is 0.511. The molecule has 0 unspecified atom stereocenters. The minimum Gasteiger partial charge on any atom is -0.419 e. The van der Waals surface area contributed by atoms with Crippen molar-refractivity contribution in [2.75, 3.05) is 4.72 Å². The Hall–Kier alpha value is -2.61. The van der Waals surface area contributed by atoms with Crippen LogP contribution in [0, 0.1) is 27.7 Å². The first-order valence-corrected chi connectivity index (χ1v) is 9.83. The van der Waals surface area contributed by atoms with E-state index in [1.807, 2.05) is 32.9 Å². The smallest absolute Gasteiger partial charge is 0.264 e. The van der Waals surface area contributed by atoms with Gasteiger partial charge in [0.25, 0.3) is 15.9 Å². The number of H-pyrrole nitrogens is 1. The van der Waals surface area contributed by atoms with Crippen molar-refractivity contribution in [1.82, 2.24) is 15.2 Å². The molecular formula is C18H22N4O3S. The minimum absolute atomic E-state index is 0.198. The molecule has 0 fully saturated rings. The maximum Gasteiger partial charge on any atom is 0.264 e. The van der Waals surface area contributed by atoms with E-state index in [1.165, 1.54) is 0 Å². The average molecular weight is 374 g/mol. The fourth-order valence-corrected chi connectivity index (χ4v) is 4.55. The predicted octanol–water partition coefficient (Wildman–Crippen LogP) is 3.66. The van der Waals surface area contributed by atoms with Crippen molar-refractivity contribution in [2.24, 2.45) is 0 Å². The molecule has 0 saturated heterocycles. The van der Waals surface area contributed by atoms with Gasteiger partial charge in [-0.2, -0.15) is 0 Å². The highest BCUT2D eigenvalue weighted by Gasteiger charge is 2.27. The summed E-state index contributed by atoms with van der Waals surface area (Å²) in [5.74, 6) is 0.792. The summed E-state index contributed by atoms with van der Waals surface area (Å²) in [4.78, 5) is 3.26. The SMILES string of the molecule is CCc1nnc(-c2[nH]c(C)c(S(=O)(=O)Nc3ccc(C)cc3C)c2C)o1. The normalized spacial score (nSPS) is 11.7. The van der Waals surface area contributed by atoms with Crippen molar-refractivity contribution in [1.29, 1.82) is 0 Å². The number of anilines is 1. The summed E-state index contributed by atoms with van der Waals surface area (Å²) in [7, 11) is -3.77. The molecule has 0 radical (unpaired) electrons. The van der Waals surface area contributed by atoms with Gasteiger partial charge < -0.3 is 9.40 Å². The third-order valence-electron chi connectivity index (χ3n) is 4.25. The second-order valence-electron chi connectivity index (χ2n) is 6.36. The van der Waals surface area contributed by atoms with Gasteiger partial charge in [0.15, 0.2) is 0 Å². The molecule has 26 heavy (non-hydrogen) atoms. The lowest BCUT2D eigenvalue weighted by Crippen LogP contribution is -2.15. The van der Waals surface area contributed by atoms with E-state index in [1.54, 1.807) is 19.9 Å². The molecule has 3 rings (SSSR count). The molecule has 0 bridgehead atoms. The summed E-state index contributed by atoms with van der Waals surface area (Å²) < 4.78 is 34.2.